The highest BCUT2D eigenvalue weighted by Gasteiger charge is 2.35. The van der Waals surface area contributed by atoms with Gasteiger partial charge in [0.25, 0.3) is 0 Å². The number of aromatic nitrogens is 2. The van der Waals surface area contributed by atoms with Crippen LogP contribution < -0.4 is 0 Å². The number of rotatable bonds is 2. The Kier molecular flexibility index (Phi) is 3.81. The second kappa shape index (κ2) is 5.04. The smallest absolute Gasteiger partial charge is 0.0628 e. The highest BCUT2D eigenvalue weighted by atomic mass is 16.3. The van der Waals surface area contributed by atoms with E-state index in [1.165, 1.54) is 0 Å². The number of aliphatic hydroxyl groups excluding tert-OH is 1. The minimum Gasteiger partial charge on any atom is -0.393 e. The number of aryl methyl sites for hydroxylation is 1. The third kappa shape index (κ3) is 3.14. The normalized spacial score (nSPS) is 29.5. The molecule has 102 valence electrons. The minimum absolute atomic E-state index is 0.148. The summed E-state index contributed by atoms with van der Waals surface area (Å²) in [5, 5.41) is 14.6. The van der Waals surface area contributed by atoms with E-state index in [1.807, 2.05) is 17.9 Å². The van der Waals surface area contributed by atoms with Gasteiger partial charge >= 0.3 is 0 Å². The first-order chi connectivity index (χ1) is 8.36. The average Bonchev–Trinajstić information content (AvgIpc) is 2.66. The third-order valence-electron chi connectivity index (χ3n) is 4.41. The van der Waals surface area contributed by atoms with Gasteiger partial charge in [-0.05, 0) is 49.0 Å². The van der Waals surface area contributed by atoms with Crippen molar-refractivity contribution >= 4 is 0 Å². The molecule has 0 saturated heterocycles. The second-order valence-corrected chi connectivity index (χ2v) is 6.89. The maximum Gasteiger partial charge on any atom is 0.0628 e. The molecule has 0 spiro atoms. The SMILES string of the molecule is Cn1ccc(CC2CC(C(C)(C)C)CCC2O)n1. The Hall–Kier alpha value is -0.830. The van der Waals surface area contributed by atoms with Crippen molar-refractivity contribution in [2.45, 2.75) is 52.6 Å². The lowest BCUT2D eigenvalue weighted by atomic mass is 9.67. The molecule has 0 aromatic carbocycles. The van der Waals surface area contributed by atoms with Crippen molar-refractivity contribution in [1.82, 2.24) is 9.78 Å². The number of aliphatic hydroxyl groups is 1. The predicted octanol–water partition coefficient (Wildman–Crippen LogP) is 2.79. The van der Waals surface area contributed by atoms with Gasteiger partial charge in [0, 0.05) is 13.2 Å². The van der Waals surface area contributed by atoms with E-state index in [0.29, 0.717) is 11.3 Å². The van der Waals surface area contributed by atoms with Crippen molar-refractivity contribution in [2.75, 3.05) is 0 Å². The van der Waals surface area contributed by atoms with Gasteiger partial charge in [0.1, 0.15) is 0 Å². The van der Waals surface area contributed by atoms with Crippen LogP contribution >= 0.6 is 0 Å². The molecule has 1 aromatic rings. The summed E-state index contributed by atoms with van der Waals surface area (Å²) in [6, 6.07) is 2.06. The van der Waals surface area contributed by atoms with Crippen molar-refractivity contribution in [1.29, 1.82) is 0 Å². The summed E-state index contributed by atoms with van der Waals surface area (Å²) >= 11 is 0. The quantitative estimate of drug-likeness (QED) is 0.876. The second-order valence-electron chi connectivity index (χ2n) is 6.89. The van der Waals surface area contributed by atoms with Crippen molar-refractivity contribution in [3.05, 3.63) is 18.0 Å². The van der Waals surface area contributed by atoms with Gasteiger partial charge in [0.2, 0.25) is 0 Å². The Bertz CT molecular complexity index is 391. The van der Waals surface area contributed by atoms with Crippen LogP contribution in [0.15, 0.2) is 12.3 Å². The first-order valence-corrected chi connectivity index (χ1v) is 7.03. The van der Waals surface area contributed by atoms with Crippen molar-refractivity contribution in [3.8, 4) is 0 Å². The molecule has 1 aliphatic carbocycles. The Morgan fingerprint density at radius 3 is 2.67 bits per heavy atom. The molecule has 3 atom stereocenters. The molecule has 3 heteroatoms. The van der Waals surface area contributed by atoms with Gasteiger partial charge < -0.3 is 5.11 Å². The molecule has 0 aliphatic heterocycles. The van der Waals surface area contributed by atoms with Crippen LogP contribution in [-0.2, 0) is 13.5 Å². The zero-order valence-electron chi connectivity index (χ0n) is 12.1. The first kappa shape index (κ1) is 13.6. The van der Waals surface area contributed by atoms with E-state index in [-0.39, 0.29) is 6.10 Å². The lowest BCUT2D eigenvalue weighted by Gasteiger charge is -2.40. The Morgan fingerprint density at radius 1 is 1.39 bits per heavy atom. The molecule has 1 aromatic heterocycles. The summed E-state index contributed by atoms with van der Waals surface area (Å²) in [7, 11) is 1.94. The highest BCUT2D eigenvalue weighted by molar-refractivity contribution is 5.02. The summed E-state index contributed by atoms with van der Waals surface area (Å²) in [6.45, 7) is 6.94. The summed E-state index contributed by atoms with van der Waals surface area (Å²) in [4.78, 5) is 0. The average molecular weight is 250 g/mol. The van der Waals surface area contributed by atoms with Gasteiger partial charge in [-0.15, -0.1) is 0 Å². The third-order valence-corrected chi connectivity index (χ3v) is 4.41. The van der Waals surface area contributed by atoms with Gasteiger partial charge in [-0.1, -0.05) is 20.8 Å². The predicted molar refractivity (Wildman–Crippen MR) is 73.2 cm³/mol. The van der Waals surface area contributed by atoms with E-state index in [9.17, 15) is 5.11 Å². The van der Waals surface area contributed by atoms with Crippen molar-refractivity contribution < 1.29 is 5.11 Å². The number of hydrogen-bond acceptors (Lipinski definition) is 2. The van der Waals surface area contributed by atoms with Crippen LogP contribution in [0.3, 0.4) is 0 Å². The molecule has 0 radical (unpaired) electrons. The number of hydrogen-bond donors (Lipinski definition) is 1. The van der Waals surface area contributed by atoms with Crippen LogP contribution in [0.5, 0.6) is 0 Å². The van der Waals surface area contributed by atoms with E-state index in [2.05, 4.69) is 31.9 Å². The van der Waals surface area contributed by atoms with E-state index in [0.717, 1.165) is 37.3 Å². The van der Waals surface area contributed by atoms with E-state index >= 15 is 0 Å². The monoisotopic (exact) mass is 250 g/mol. The molecule has 1 saturated carbocycles. The molecule has 1 fully saturated rings. The summed E-state index contributed by atoms with van der Waals surface area (Å²) in [5.41, 5.74) is 1.46. The van der Waals surface area contributed by atoms with Crippen LogP contribution in [0.4, 0.5) is 0 Å². The fraction of sp³-hybridized carbons (Fsp3) is 0.800. The molecule has 1 aliphatic rings. The molecule has 1 N–H and O–H groups in total. The molecular formula is C15H26N2O. The molecule has 3 unspecified atom stereocenters. The minimum atomic E-state index is -0.148. The van der Waals surface area contributed by atoms with Gasteiger partial charge in [0.15, 0.2) is 0 Å². The first-order valence-electron chi connectivity index (χ1n) is 7.03. The topological polar surface area (TPSA) is 38.0 Å². The van der Waals surface area contributed by atoms with Crippen LogP contribution in [-0.4, -0.2) is 21.0 Å². The molecule has 0 amide bonds. The summed E-state index contributed by atoms with van der Waals surface area (Å²) < 4.78 is 1.84. The van der Waals surface area contributed by atoms with Gasteiger partial charge in [-0.25, -0.2) is 0 Å². The molecular weight excluding hydrogens is 224 g/mol. The van der Waals surface area contributed by atoms with Crippen LogP contribution in [0.25, 0.3) is 0 Å². The lowest BCUT2D eigenvalue weighted by Crippen LogP contribution is -2.35. The maximum atomic E-state index is 10.2. The fourth-order valence-electron chi connectivity index (χ4n) is 3.09. The van der Waals surface area contributed by atoms with Crippen LogP contribution in [0.1, 0.15) is 45.7 Å². The Labute approximate surface area is 110 Å². The highest BCUT2D eigenvalue weighted by Crippen LogP contribution is 2.41. The van der Waals surface area contributed by atoms with Gasteiger partial charge in [-0.3, -0.25) is 4.68 Å². The van der Waals surface area contributed by atoms with E-state index in [4.69, 9.17) is 0 Å². The largest absolute Gasteiger partial charge is 0.393 e. The standard InChI is InChI=1S/C15H26N2O/c1-15(2,3)12-5-6-14(18)11(9-12)10-13-7-8-17(4)16-13/h7-8,11-12,14,18H,5-6,9-10H2,1-4H3. The van der Waals surface area contributed by atoms with Gasteiger partial charge in [0.05, 0.1) is 11.8 Å². The molecule has 1 heterocycles. The molecule has 0 bridgehead atoms. The fourth-order valence-corrected chi connectivity index (χ4v) is 3.09. The Balaban J connectivity index is 2.02. The molecule has 3 nitrogen and oxygen atoms in total. The number of nitrogens with zero attached hydrogens (tertiary/aromatic N) is 2. The van der Waals surface area contributed by atoms with E-state index < -0.39 is 0 Å². The van der Waals surface area contributed by atoms with E-state index in [1.54, 1.807) is 0 Å². The summed E-state index contributed by atoms with van der Waals surface area (Å²) in [6.07, 6.45) is 5.97. The zero-order valence-corrected chi connectivity index (χ0v) is 12.1. The van der Waals surface area contributed by atoms with Gasteiger partial charge in [-0.2, -0.15) is 5.10 Å². The van der Waals surface area contributed by atoms with Crippen molar-refractivity contribution in [2.24, 2.45) is 24.3 Å². The van der Waals surface area contributed by atoms with Crippen molar-refractivity contribution in [3.63, 3.8) is 0 Å². The van der Waals surface area contributed by atoms with Crippen LogP contribution in [0.2, 0.25) is 0 Å². The summed E-state index contributed by atoms with van der Waals surface area (Å²) in [5.74, 6) is 1.09. The zero-order chi connectivity index (χ0) is 13.3. The molecule has 18 heavy (non-hydrogen) atoms. The molecule has 2 rings (SSSR count). The Morgan fingerprint density at radius 2 is 2.11 bits per heavy atom. The van der Waals surface area contributed by atoms with Crippen LogP contribution in [0, 0.1) is 17.3 Å². The maximum absolute atomic E-state index is 10.2. The lowest BCUT2D eigenvalue weighted by molar-refractivity contribution is 0.0192.